The van der Waals surface area contributed by atoms with Gasteiger partial charge < -0.3 is 20.1 Å². The molecule has 1 saturated heterocycles. The van der Waals surface area contributed by atoms with Gasteiger partial charge in [0.05, 0.1) is 41.9 Å². The minimum atomic E-state index is -0.0512. The summed E-state index contributed by atoms with van der Waals surface area (Å²) in [6, 6.07) is 16.7. The Morgan fingerprint density at radius 2 is 1.81 bits per heavy atom. The van der Waals surface area contributed by atoms with Gasteiger partial charge in [0.2, 0.25) is 11.8 Å². The summed E-state index contributed by atoms with van der Waals surface area (Å²) in [5.74, 6) is 1.05. The normalized spacial score (nSPS) is 14.4. The molecule has 36 heavy (non-hydrogen) atoms. The Labute approximate surface area is 215 Å². The average molecular weight is 505 g/mol. The van der Waals surface area contributed by atoms with E-state index in [1.165, 1.54) is 11.9 Å². The Morgan fingerprint density at radius 1 is 1.03 bits per heavy atom. The van der Waals surface area contributed by atoms with E-state index in [1.54, 1.807) is 7.11 Å². The van der Waals surface area contributed by atoms with Crippen molar-refractivity contribution < 1.29 is 9.47 Å². The molecule has 3 heterocycles. The van der Waals surface area contributed by atoms with E-state index < -0.39 is 0 Å². The summed E-state index contributed by atoms with van der Waals surface area (Å²) in [5, 5.41) is 0. The number of rotatable bonds is 6. The lowest BCUT2D eigenvalue weighted by Crippen LogP contribution is -2.36. The van der Waals surface area contributed by atoms with Gasteiger partial charge in [-0.25, -0.2) is 9.97 Å². The predicted octanol–water partition coefficient (Wildman–Crippen LogP) is 4.91. The zero-order chi connectivity index (χ0) is 25.3. The Bertz CT molecular complexity index is 1370. The molecule has 0 bridgehead atoms. The SMILES string of the molecule is COc1ncc(-c2ccc3nc(N)n(-c4cccc(N5CCOCC5)c4)c3c2)cc1SNC(C)(C)C. The van der Waals surface area contributed by atoms with Crippen LogP contribution in [0.15, 0.2) is 59.6 Å². The summed E-state index contributed by atoms with van der Waals surface area (Å²) >= 11 is 1.52. The molecule has 4 aromatic rings. The van der Waals surface area contributed by atoms with Crippen LogP contribution in [0, 0.1) is 0 Å². The number of ether oxygens (including phenoxy) is 2. The fourth-order valence-corrected chi connectivity index (χ4v) is 5.04. The first-order chi connectivity index (χ1) is 17.3. The number of nitrogen functional groups attached to an aromatic ring is 1. The molecule has 188 valence electrons. The van der Waals surface area contributed by atoms with Crippen LogP contribution in [0.3, 0.4) is 0 Å². The molecule has 0 aliphatic carbocycles. The lowest BCUT2D eigenvalue weighted by atomic mass is 10.1. The van der Waals surface area contributed by atoms with Crippen LogP contribution in [0.2, 0.25) is 0 Å². The average Bonchev–Trinajstić information content (AvgIpc) is 3.22. The molecule has 8 nitrogen and oxygen atoms in total. The van der Waals surface area contributed by atoms with Crippen LogP contribution in [0.25, 0.3) is 27.8 Å². The zero-order valence-electron chi connectivity index (χ0n) is 21.1. The summed E-state index contributed by atoms with van der Waals surface area (Å²) in [6.45, 7) is 9.60. The van der Waals surface area contributed by atoms with Crippen molar-refractivity contribution in [3.8, 4) is 22.7 Å². The van der Waals surface area contributed by atoms with Crippen molar-refractivity contribution in [2.75, 3.05) is 44.0 Å². The zero-order valence-corrected chi connectivity index (χ0v) is 21.9. The number of nitrogens with one attached hydrogen (secondary N) is 1. The van der Waals surface area contributed by atoms with E-state index in [1.807, 2.05) is 16.8 Å². The fourth-order valence-electron chi connectivity index (χ4n) is 4.22. The third-order valence-electron chi connectivity index (χ3n) is 5.96. The number of aromatic nitrogens is 3. The van der Waals surface area contributed by atoms with Gasteiger partial charge in [0.25, 0.3) is 0 Å². The van der Waals surface area contributed by atoms with Crippen LogP contribution >= 0.6 is 11.9 Å². The van der Waals surface area contributed by atoms with Crippen molar-refractivity contribution in [3.63, 3.8) is 0 Å². The van der Waals surface area contributed by atoms with Gasteiger partial charge >= 0.3 is 0 Å². The minimum Gasteiger partial charge on any atom is -0.480 e. The molecule has 0 atom stereocenters. The van der Waals surface area contributed by atoms with Crippen molar-refractivity contribution in [2.45, 2.75) is 31.2 Å². The van der Waals surface area contributed by atoms with Crippen molar-refractivity contribution in [1.82, 2.24) is 19.3 Å². The van der Waals surface area contributed by atoms with E-state index in [9.17, 15) is 0 Å². The van der Waals surface area contributed by atoms with E-state index >= 15 is 0 Å². The first kappa shape index (κ1) is 24.4. The van der Waals surface area contributed by atoms with Gasteiger partial charge in [0, 0.05) is 36.1 Å². The van der Waals surface area contributed by atoms with Crippen LogP contribution in [0.1, 0.15) is 20.8 Å². The molecule has 1 aliphatic rings. The quantitative estimate of drug-likeness (QED) is 0.358. The molecular weight excluding hydrogens is 472 g/mol. The number of nitrogens with two attached hydrogens (primary N) is 1. The number of hydrogen-bond acceptors (Lipinski definition) is 8. The number of morpholine rings is 1. The number of nitrogens with zero attached hydrogens (tertiary/aromatic N) is 4. The number of fused-ring (bicyclic) bond motifs is 1. The fraction of sp³-hybridized carbons (Fsp3) is 0.333. The predicted molar refractivity (Wildman–Crippen MR) is 147 cm³/mol. The number of benzene rings is 2. The second kappa shape index (κ2) is 10.0. The second-order valence-electron chi connectivity index (χ2n) is 9.81. The highest BCUT2D eigenvalue weighted by Crippen LogP contribution is 2.34. The monoisotopic (exact) mass is 504 g/mol. The Balaban J connectivity index is 1.53. The van der Waals surface area contributed by atoms with E-state index in [0.717, 1.165) is 64.7 Å². The van der Waals surface area contributed by atoms with Crippen molar-refractivity contribution in [2.24, 2.45) is 0 Å². The molecular formula is C27H32N6O2S. The van der Waals surface area contributed by atoms with Crippen molar-refractivity contribution in [1.29, 1.82) is 0 Å². The van der Waals surface area contributed by atoms with Gasteiger partial charge in [0.1, 0.15) is 0 Å². The van der Waals surface area contributed by atoms with E-state index in [4.69, 9.17) is 15.2 Å². The first-order valence-corrected chi connectivity index (χ1v) is 12.8. The molecule has 1 aliphatic heterocycles. The van der Waals surface area contributed by atoms with Crippen LogP contribution in [-0.4, -0.2) is 53.5 Å². The highest BCUT2D eigenvalue weighted by atomic mass is 32.2. The van der Waals surface area contributed by atoms with Gasteiger partial charge in [0.15, 0.2) is 0 Å². The van der Waals surface area contributed by atoms with E-state index in [2.05, 4.69) is 82.8 Å². The highest BCUT2D eigenvalue weighted by molar-refractivity contribution is 7.97. The smallest absolute Gasteiger partial charge is 0.228 e. The van der Waals surface area contributed by atoms with Crippen LogP contribution < -0.4 is 20.1 Å². The lowest BCUT2D eigenvalue weighted by molar-refractivity contribution is 0.122. The number of imidazole rings is 1. The summed E-state index contributed by atoms with van der Waals surface area (Å²) in [4.78, 5) is 12.4. The van der Waals surface area contributed by atoms with Gasteiger partial charge in [-0.1, -0.05) is 12.1 Å². The van der Waals surface area contributed by atoms with Crippen molar-refractivity contribution in [3.05, 3.63) is 54.7 Å². The largest absolute Gasteiger partial charge is 0.480 e. The van der Waals surface area contributed by atoms with Gasteiger partial charge in [-0.05, 0) is 74.7 Å². The highest BCUT2D eigenvalue weighted by Gasteiger charge is 2.17. The van der Waals surface area contributed by atoms with Crippen LogP contribution in [-0.2, 0) is 4.74 Å². The summed E-state index contributed by atoms with van der Waals surface area (Å²) < 4.78 is 16.5. The molecule has 0 spiro atoms. The topological polar surface area (TPSA) is 90.5 Å². The maximum Gasteiger partial charge on any atom is 0.228 e. The molecule has 9 heteroatoms. The molecule has 2 aromatic heterocycles. The van der Waals surface area contributed by atoms with Crippen LogP contribution in [0.5, 0.6) is 5.88 Å². The third kappa shape index (κ3) is 5.13. The third-order valence-corrected chi connectivity index (χ3v) is 7.18. The Kier molecular flexibility index (Phi) is 6.79. The Hall–Kier alpha value is -3.27. The number of anilines is 2. The Morgan fingerprint density at radius 3 is 2.56 bits per heavy atom. The summed E-state index contributed by atoms with van der Waals surface area (Å²) in [5.41, 5.74) is 12.3. The number of pyridine rings is 1. The maximum atomic E-state index is 6.42. The number of hydrogen-bond donors (Lipinski definition) is 2. The molecule has 1 fully saturated rings. The molecule has 2 aromatic carbocycles. The molecule has 3 N–H and O–H groups in total. The number of methoxy groups -OCH3 is 1. The van der Waals surface area contributed by atoms with Gasteiger partial charge in [-0.15, -0.1) is 0 Å². The summed E-state index contributed by atoms with van der Waals surface area (Å²) in [7, 11) is 1.64. The molecule has 0 amide bonds. The van der Waals surface area contributed by atoms with Crippen LogP contribution in [0.4, 0.5) is 11.6 Å². The lowest BCUT2D eigenvalue weighted by Gasteiger charge is -2.29. The molecule has 5 rings (SSSR count). The summed E-state index contributed by atoms with van der Waals surface area (Å²) in [6.07, 6.45) is 1.84. The van der Waals surface area contributed by atoms with E-state index in [0.29, 0.717) is 11.8 Å². The maximum absolute atomic E-state index is 6.42. The second-order valence-corrected chi connectivity index (χ2v) is 10.7. The molecule has 0 saturated carbocycles. The molecule has 0 radical (unpaired) electrons. The molecule has 0 unspecified atom stereocenters. The van der Waals surface area contributed by atoms with Crippen molar-refractivity contribution >= 4 is 34.6 Å². The van der Waals surface area contributed by atoms with Gasteiger partial charge in [-0.2, -0.15) is 0 Å². The standard InChI is InChI=1S/C27H32N6O2S/c1-27(2,3)31-36-24-15-19(17-29-25(24)34-4)18-8-9-22-23(14-18)33(26(28)30-22)21-7-5-6-20(16-21)32-10-12-35-13-11-32/h5-9,14-17,31H,10-13H2,1-4H3,(H2,28,30). The first-order valence-electron chi connectivity index (χ1n) is 12.0. The van der Waals surface area contributed by atoms with Gasteiger partial charge in [-0.3, -0.25) is 9.29 Å². The minimum absolute atomic E-state index is 0.0512. The van der Waals surface area contributed by atoms with E-state index in [-0.39, 0.29) is 5.54 Å².